The summed E-state index contributed by atoms with van der Waals surface area (Å²) in [6.45, 7) is 1.98. The zero-order valence-electron chi connectivity index (χ0n) is 17.3. The summed E-state index contributed by atoms with van der Waals surface area (Å²) in [7, 11) is 0. The molecule has 162 valence electrons. The molecular weight excluding hydrogens is 440 g/mol. The van der Waals surface area contributed by atoms with Crippen molar-refractivity contribution in [1.82, 2.24) is 5.01 Å². The van der Waals surface area contributed by atoms with Crippen LogP contribution in [0.4, 0.5) is 0 Å². The number of benzene rings is 2. The Kier molecular flexibility index (Phi) is 5.02. The number of aromatic carboxylic acids is 1. The van der Waals surface area contributed by atoms with E-state index in [0.717, 1.165) is 11.1 Å². The lowest BCUT2D eigenvalue weighted by molar-refractivity contribution is -0.114. The number of aryl methyl sites for hydroxylation is 1. The van der Waals surface area contributed by atoms with Gasteiger partial charge in [0, 0.05) is 11.1 Å². The van der Waals surface area contributed by atoms with Gasteiger partial charge in [0.2, 0.25) is 5.17 Å². The van der Waals surface area contributed by atoms with Gasteiger partial charge in [0.1, 0.15) is 16.6 Å². The molecule has 2 aliphatic heterocycles. The van der Waals surface area contributed by atoms with E-state index in [0.29, 0.717) is 27.3 Å². The van der Waals surface area contributed by atoms with Crippen molar-refractivity contribution in [2.45, 2.75) is 6.92 Å². The van der Waals surface area contributed by atoms with Gasteiger partial charge < -0.3 is 9.52 Å². The molecule has 9 heteroatoms. The van der Waals surface area contributed by atoms with Gasteiger partial charge in [-0.1, -0.05) is 36.4 Å². The highest BCUT2D eigenvalue weighted by atomic mass is 32.2. The number of rotatable bonds is 4. The van der Waals surface area contributed by atoms with Crippen LogP contribution >= 0.6 is 11.8 Å². The molecule has 0 atom stereocenters. The van der Waals surface area contributed by atoms with Crippen molar-refractivity contribution in [1.29, 1.82) is 5.41 Å². The number of carbonyl (C=O) groups excluding carboxylic acids is 1. The lowest BCUT2D eigenvalue weighted by Gasteiger charge is -2.19. The topological polar surface area (TPSA) is 119 Å². The van der Waals surface area contributed by atoms with E-state index in [1.165, 1.54) is 35.0 Å². The molecule has 0 unspecified atom stereocenters. The zero-order chi connectivity index (χ0) is 23.1. The normalized spacial score (nSPS) is 16.6. The Hall–Kier alpha value is -4.24. The molecule has 0 fully saturated rings. The number of hydrogen-bond acceptors (Lipinski definition) is 6. The molecule has 33 heavy (non-hydrogen) atoms. The summed E-state index contributed by atoms with van der Waals surface area (Å²) in [5, 5.41) is 24.5. The molecular formula is C24H16N4O4S. The number of fused-ring (bicyclic) bond motifs is 1. The van der Waals surface area contributed by atoms with E-state index in [-0.39, 0.29) is 17.0 Å². The number of hydrazone groups is 1. The van der Waals surface area contributed by atoms with Crippen LogP contribution in [0.5, 0.6) is 0 Å². The van der Waals surface area contributed by atoms with Crippen LogP contribution in [0.15, 0.2) is 80.7 Å². The number of carbonyl (C=O) groups is 2. The van der Waals surface area contributed by atoms with Crippen LogP contribution in [-0.4, -0.2) is 38.0 Å². The Morgan fingerprint density at radius 3 is 2.61 bits per heavy atom. The Labute approximate surface area is 192 Å². The molecule has 0 bridgehead atoms. The van der Waals surface area contributed by atoms with Gasteiger partial charge in [0.15, 0.2) is 5.84 Å². The fraction of sp³-hybridized carbons (Fsp3) is 0.0417. The average Bonchev–Trinajstić information content (AvgIpc) is 3.44. The second-order valence-corrected chi connectivity index (χ2v) is 8.28. The van der Waals surface area contributed by atoms with E-state index in [1.54, 1.807) is 24.3 Å². The average molecular weight is 456 g/mol. The van der Waals surface area contributed by atoms with Gasteiger partial charge in [0.05, 0.1) is 11.1 Å². The Bertz CT molecular complexity index is 1420. The molecule has 1 aromatic heterocycles. The molecule has 0 radical (unpaired) electrons. The number of carboxylic acid groups (broad SMARTS) is 1. The fourth-order valence-electron chi connectivity index (χ4n) is 3.42. The van der Waals surface area contributed by atoms with Gasteiger partial charge in [-0.25, -0.2) is 4.79 Å². The standard InChI is InChI=1S/C24H16N4O4S/c1-13-4-2-3-5-17(13)22-27-28-20(25)18(21(29)26-24(28)33-22)12-16-10-11-19(32-16)14-6-8-15(9-7-14)23(30)31/h2-12,25H,1H3,(H,30,31)/b18-12-,25-20?. The molecule has 0 saturated heterocycles. The number of amidine groups is 2. The number of aliphatic imine (C=N–C) groups is 1. The number of furan rings is 1. The molecule has 3 heterocycles. The van der Waals surface area contributed by atoms with Crippen molar-refractivity contribution in [3.05, 3.63) is 88.7 Å². The van der Waals surface area contributed by atoms with Crippen LogP contribution in [0.25, 0.3) is 17.4 Å². The first kappa shape index (κ1) is 20.7. The van der Waals surface area contributed by atoms with Crippen molar-refractivity contribution in [3.8, 4) is 11.3 Å². The first-order valence-electron chi connectivity index (χ1n) is 9.90. The summed E-state index contributed by atoms with van der Waals surface area (Å²) < 4.78 is 5.81. The van der Waals surface area contributed by atoms with E-state index in [2.05, 4.69) is 10.1 Å². The minimum atomic E-state index is -1.01. The maximum atomic E-state index is 12.7. The first-order chi connectivity index (χ1) is 15.9. The molecule has 8 nitrogen and oxygen atoms in total. The zero-order valence-corrected chi connectivity index (χ0v) is 18.1. The minimum absolute atomic E-state index is 0.0660. The van der Waals surface area contributed by atoms with Crippen molar-refractivity contribution in [2.75, 3.05) is 0 Å². The largest absolute Gasteiger partial charge is 0.478 e. The lowest BCUT2D eigenvalue weighted by Crippen LogP contribution is -2.35. The number of nitrogens with one attached hydrogen (secondary N) is 1. The SMILES string of the molecule is Cc1ccccc1C1=NN2C(=N)/C(=C/c3ccc(-c4ccc(C(=O)O)cc4)o3)C(=O)N=C2S1. The number of amides is 1. The quantitative estimate of drug-likeness (QED) is 0.553. The summed E-state index contributed by atoms with van der Waals surface area (Å²) in [6, 6.07) is 17.4. The van der Waals surface area contributed by atoms with E-state index in [1.807, 2.05) is 31.2 Å². The highest BCUT2D eigenvalue weighted by Gasteiger charge is 2.36. The predicted molar refractivity (Wildman–Crippen MR) is 126 cm³/mol. The van der Waals surface area contributed by atoms with Gasteiger partial charge in [-0.15, -0.1) is 0 Å². The fourth-order valence-corrected chi connectivity index (χ4v) is 4.40. The number of nitrogens with zero attached hydrogens (tertiary/aromatic N) is 3. The molecule has 2 aliphatic rings. The molecule has 5 rings (SSSR count). The van der Waals surface area contributed by atoms with Crippen molar-refractivity contribution in [3.63, 3.8) is 0 Å². The molecule has 3 aromatic rings. The van der Waals surface area contributed by atoms with E-state index in [4.69, 9.17) is 14.9 Å². The van der Waals surface area contributed by atoms with Crippen LogP contribution < -0.4 is 0 Å². The molecule has 2 aromatic carbocycles. The number of thioether (sulfide) groups is 1. The highest BCUT2D eigenvalue weighted by Crippen LogP contribution is 2.32. The van der Waals surface area contributed by atoms with Crippen LogP contribution in [0.1, 0.15) is 27.2 Å². The minimum Gasteiger partial charge on any atom is -0.478 e. The van der Waals surface area contributed by atoms with Crippen LogP contribution in [0, 0.1) is 12.3 Å². The summed E-state index contributed by atoms with van der Waals surface area (Å²) in [4.78, 5) is 27.8. The Morgan fingerprint density at radius 2 is 1.88 bits per heavy atom. The molecule has 0 aliphatic carbocycles. The third kappa shape index (κ3) is 3.79. The Morgan fingerprint density at radius 1 is 1.12 bits per heavy atom. The van der Waals surface area contributed by atoms with E-state index >= 15 is 0 Å². The first-order valence-corrected chi connectivity index (χ1v) is 10.7. The summed E-state index contributed by atoms with van der Waals surface area (Å²) in [5.41, 5.74) is 2.90. The van der Waals surface area contributed by atoms with Crippen LogP contribution in [-0.2, 0) is 4.79 Å². The van der Waals surface area contributed by atoms with Crippen molar-refractivity contribution >= 4 is 45.8 Å². The number of carboxylic acids is 1. The third-order valence-electron chi connectivity index (χ3n) is 5.16. The summed E-state index contributed by atoms with van der Waals surface area (Å²) in [6.07, 6.45) is 1.46. The van der Waals surface area contributed by atoms with Gasteiger partial charge >= 0.3 is 5.97 Å². The molecule has 1 amide bonds. The second-order valence-electron chi connectivity index (χ2n) is 7.32. The molecule has 2 N–H and O–H groups in total. The van der Waals surface area contributed by atoms with Gasteiger partial charge in [0.25, 0.3) is 5.91 Å². The van der Waals surface area contributed by atoms with Crippen molar-refractivity contribution in [2.24, 2.45) is 10.1 Å². The predicted octanol–water partition coefficient (Wildman–Crippen LogP) is 4.62. The molecule has 0 spiro atoms. The summed E-state index contributed by atoms with van der Waals surface area (Å²) >= 11 is 1.25. The van der Waals surface area contributed by atoms with Crippen molar-refractivity contribution < 1.29 is 19.1 Å². The van der Waals surface area contributed by atoms with Gasteiger partial charge in [-0.3, -0.25) is 10.2 Å². The van der Waals surface area contributed by atoms with Crippen LogP contribution in [0.3, 0.4) is 0 Å². The Balaban J connectivity index is 1.43. The summed E-state index contributed by atoms with van der Waals surface area (Å²) in [5.74, 6) is -0.744. The molecule has 0 saturated carbocycles. The maximum absolute atomic E-state index is 12.7. The highest BCUT2D eigenvalue weighted by molar-refractivity contribution is 8.27. The van der Waals surface area contributed by atoms with E-state index in [9.17, 15) is 9.59 Å². The van der Waals surface area contributed by atoms with Crippen LogP contribution in [0.2, 0.25) is 0 Å². The third-order valence-corrected chi connectivity index (χ3v) is 6.10. The maximum Gasteiger partial charge on any atom is 0.335 e. The second kappa shape index (κ2) is 8.03. The van der Waals surface area contributed by atoms with Gasteiger partial charge in [-0.05, 0) is 54.6 Å². The van der Waals surface area contributed by atoms with Gasteiger partial charge in [-0.2, -0.15) is 15.1 Å². The van der Waals surface area contributed by atoms with E-state index < -0.39 is 11.9 Å². The monoisotopic (exact) mass is 456 g/mol. The number of hydrogen-bond donors (Lipinski definition) is 2. The smallest absolute Gasteiger partial charge is 0.335 e. The lowest BCUT2D eigenvalue weighted by atomic mass is 10.1.